The first-order chi connectivity index (χ1) is 17.3. The van der Waals surface area contributed by atoms with Crippen LogP contribution in [0.15, 0.2) is 42.5 Å². The van der Waals surface area contributed by atoms with Crippen LogP contribution in [0.5, 0.6) is 23.0 Å². The summed E-state index contributed by atoms with van der Waals surface area (Å²) in [4.78, 5) is 11.6. The predicted molar refractivity (Wildman–Crippen MR) is 134 cm³/mol. The summed E-state index contributed by atoms with van der Waals surface area (Å²) in [5, 5.41) is 9.55. The maximum Gasteiger partial charge on any atom is 0.416 e. The Morgan fingerprint density at radius 3 is 2.19 bits per heavy atom. The van der Waals surface area contributed by atoms with Crippen molar-refractivity contribution in [3.05, 3.63) is 53.1 Å². The fourth-order valence-corrected chi connectivity index (χ4v) is 4.13. The molecule has 0 spiro atoms. The van der Waals surface area contributed by atoms with E-state index in [1.807, 2.05) is 0 Å². The van der Waals surface area contributed by atoms with E-state index in [2.05, 4.69) is 0 Å². The maximum atomic E-state index is 13.5. The highest BCUT2D eigenvalue weighted by molar-refractivity contribution is 6.32. The van der Waals surface area contributed by atoms with Gasteiger partial charge < -0.3 is 24.1 Å². The third-order valence-electron chi connectivity index (χ3n) is 5.98. The van der Waals surface area contributed by atoms with Gasteiger partial charge in [0.1, 0.15) is 28.6 Å². The van der Waals surface area contributed by atoms with Gasteiger partial charge in [-0.2, -0.15) is 13.2 Å². The largest absolute Gasteiger partial charge is 0.493 e. The molecule has 0 radical (unpaired) electrons. The summed E-state index contributed by atoms with van der Waals surface area (Å²) in [6.45, 7) is 7.12. The molecule has 0 fully saturated rings. The van der Waals surface area contributed by atoms with Crippen molar-refractivity contribution in [3.63, 3.8) is 0 Å². The number of aliphatic carboxylic acids is 1. The van der Waals surface area contributed by atoms with E-state index in [9.17, 15) is 23.1 Å². The van der Waals surface area contributed by atoms with Gasteiger partial charge in [0.2, 0.25) is 5.60 Å². The number of halogens is 4. The highest BCUT2D eigenvalue weighted by Crippen LogP contribution is 2.47. The molecule has 1 heterocycles. The number of fused-ring (bicyclic) bond motifs is 1. The topological polar surface area (TPSA) is 74.2 Å². The second-order valence-corrected chi connectivity index (χ2v) is 9.58. The number of ether oxygens (including phenoxy) is 4. The molecule has 0 saturated carbocycles. The van der Waals surface area contributed by atoms with Crippen molar-refractivity contribution in [2.24, 2.45) is 0 Å². The molecule has 0 saturated heterocycles. The van der Waals surface area contributed by atoms with Crippen molar-refractivity contribution in [2.75, 3.05) is 13.2 Å². The zero-order valence-corrected chi connectivity index (χ0v) is 21.8. The fraction of sp³-hybridized carbons (Fsp3) is 0.444. The Bertz CT molecular complexity index is 1140. The Balaban J connectivity index is 1.55. The lowest BCUT2D eigenvalue weighted by Crippen LogP contribution is -2.43. The molecule has 1 N–H and O–H groups in total. The minimum Gasteiger partial charge on any atom is -0.493 e. The summed E-state index contributed by atoms with van der Waals surface area (Å²) in [6, 6.07) is 9.23. The number of allylic oxidation sites excluding steroid dienone is 1. The molecule has 6 nitrogen and oxygen atoms in total. The average molecular weight is 543 g/mol. The van der Waals surface area contributed by atoms with Gasteiger partial charge in [0.15, 0.2) is 0 Å². The molecule has 37 heavy (non-hydrogen) atoms. The van der Waals surface area contributed by atoms with Crippen LogP contribution in [0.2, 0.25) is 5.02 Å². The van der Waals surface area contributed by atoms with Crippen LogP contribution in [0, 0.1) is 0 Å². The lowest BCUT2D eigenvalue weighted by Gasteiger charge is -2.32. The minimum atomic E-state index is -4.55. The van der Waals surface area contributed by atoms with Crippen molar-refractivity contribution in [1.29, 1.82) is 0 Å². The van der Waals surface area contributed by atoms with E-state index >= 15 is 0 Å². The first-order valence-electron chi connectivity index (χ1n) is 11.9. The third kappa shape index (κ3) is 6.83. The van der Waals surface area contributed by atoms with Gasteiger partial charge in [-0.05, 0) is 63.1 Å². The number of benzene rings is 2. The van der Waals surface area contributed by atoms with Crippen molar-refractivity contribution in [1.82, 2.24) is 0 Å². The summed E-state index contributed by atoms with van der Waals surface area (Å²) in [7, 11) is 0. The zero-order valence-electron chi connectivity index (χ0n) is 21.1. The van der Waals surface area contributed by atoms with Crippen LogP contribution in [-0.2, 0) is 4.79 Å². The summed E-state index contributed by atoms with van der Waals surface area (Å²) in [5.41, 5.74) is -3.34. The molecule has 0 aliphatic carbocycles. The van der Waals surface area contributed by atoms with Gasteiger partial charge in [-0.3, -0.25) is 0 Å². The van der Waals surface area contributed by atoms with Crippen molar-refractivity contribution < 1.29 is 42.0 Å². The Labute approximate surface area is 218 Å². The number of hydrogen-bond acceptors (Lipinski definition) is 5. The summed E-state index contributed by atoms with van der Waals surface area (Å²) >= 11 is 6.20. The number of alkyl halides is 3. The van der Waals surface area contributed by atoms with Gasteiger partial charge in [-0.15, -0.1) is 0 Å². The molecule has 3 rings (SSSR count). The van der Waals surface area contributed by atoms with Crippen LogP contribution in [0.3, 0.4) is 0 Å². The number of carboxylic acid groups (broad SMARTS) is 1. The zero-order chi connectivity index (χ0) is 27.4. The van der Waals surface area contributed by atoms with E-state index in [1.54, 1.807) is 52.0 Å². The van der Waals surface area contributed by atoms with Gasteiger partial charge in [0.05, 0.1) is 23.8 Å². The Hall–Kier alpha value is -3.07. The molecule has 2 aromatic carbocycles. The Morgan fingerprint density at radius 1 is 1.03 bits per heavy atom. The third-order valence-corrected chi connectivity index (χ3v) is 6.27. The lowest BCUT2D eigenvalue weighted by molar-refractivity contribution is -0.156. The smallest absolute Gasteiger partial charge is 0.416 e. The molecule has 10 heteroatoms. The number of rotatable bonds is 11. The van der Waals surface area contributed by atoms with Crippen molar-refractivity contribution in [2.45, 2.75) is 64.3 Å². The normalized spacial score (nSPS) is 14.8. The molecule has 1 aliphatic heterocycles. The first-order valence-corrected chi connectivity index (χ1v) is 12.3. The second kappa shape index (κ2) is 11.1. The molecule has 0 amide bonds. The van der Waals surface area contributed by atoms with E-state index in [-0.39, 0.29) is 28.7 Å². The highest BCUT2D eigenvalue weighted by atomic mass is 35.5. The Kier molecular flexibility index (Phi) is 8.57. The van der Waals surface area contributed by atoms with Gasteiger partial charge in [-0.25, -0.2) is 4.79 Å². The monoisotopic (exact) mass is 542 g/mol. The van der Waals surface area contributed by atoms with E-state index in [0.717, 1.165) is 6.08 Å². The van der Waals surface area contributed by atoms with E-state index < -0.39 is 28.9 Å². The van der Waals surface area contributed by atoms with Crippen molar-refractivity contribution >= 4 is 23.1 Å². The predicted octanol–water partition coefficient (Wildman–Crippen LogP) is 7.33. The van der Waals surface area contributed by atoms with Crippen LogP contribution in [0.1, 0.15) is 52.5 Å². The average Bonchev–Trinajstić information content (AvgIpc) is 2.82. The summed E-state index contributed by atoms with van der Waals surface area (Å²) < 4.78 is 63.4. The van der Waals surface area contributed by atoms with E-state index in [1.165, 1.54) is 12.1 Å². The van der Waals surface area contributed by atoms with Crippen LogP contribution in [-0.4, -0.2) is 41.7 Å². The maximum absolute atomic E-state index is 13.5. The van der Waals surface area contributed by atoms with Gasteiger partial charge in [0, 0.05) is 18.1 Å². The van der Waals surface area contributed by atoms with Gasteiger partial charge in [-0.1, -0.05) is 25.4 Å². The van der Waals surface area contributed by atoms with Crippen LogP contribution in [0.4, 0.5) is 13.2 Å². The molecule has 0 atom stereocenters. The van der Waals surface area contributed by atoms with Crippen LogP contribution in [0.25, 0.3) is 5.57 Å². The molecule has 2 aromatic rings. The number of carbonyl (C=O) groups is 1. The van der Waals surface area contributed by atoms with Gasteiger partial charge >= 0.3 is 12.1 Å². The molecule has 0 aromatic heterocycles. The van der Waals surface area contributed by atoms with E-state index in [4.69, 9.17) is 30.5 Å². The van der Waals surface area contributed by atoms with Gasteiger partial charge in [0.25, 0.3) is 0 Å². The number of hydrogen-bond donors (Lipinski definition) is 1. The minimum absolute atomic E-state index is 0.0466. The lowest BCUT2D eigenvalue weighted by atomic mass is 9.94. The SMILES string of the molecule is CCC(CC)(Oc1ccc(OCCCOc2cc3c(cc2Cl)C(C(F)(F)F)=CC(C)(C)O3)cc1)C(=O)O. The van der Waals surface area contributed by atoms with Crippen molar-refractivity contribution in [3.8, 4) is 23.0 Å². The quantitative estimate of drug-likeness (QED) is 0.300. The molecule has 0 bridgehead atoms. The van der Waals surface area contributed by atoms with Crippen LogP contribution < -0.4 is 18.9 Å². The summed E-state index contributed by atoms with van der Waals surface area (Å²) in [6.07, 6.45) is -2.38. The summed E-state index contributed by atoms with van der Waals surface area (Å²) in [5.74, 6) is 0.253. The highest BCUT2D eigenvalue weighted by Gasteiger charge is 2.42. The molecular weight excluding hydrogens is 513 g/mol. The molecule has 0 unspecified atom stereocenters. The van der Waals surface area contributed by atoms with E-state index in [0.29, 0.717) is 37.4 Å². The standard InChI is InChI=1S/C27H30ClF3O6/c1-5-26(6-2,24(32)33)36-18-10-8-17(9-11-18)34-12-7-13-35-23-15-22-19(14-21(23)28)20(27(29,30)31)16-25(3,4)37-22/h8-11,14-16H,5-7,12-13H2,1-4H3,(H,32,33). The molecule has 1 aliphatic rings. The first kappa shape index (κ1) is 28.5. The molecular formula is C27H30ClF3O6. The second-order valence-electron chi connectivity index (χ2n) is 9.17. The Morgan fingerprint density at radius 2 is 1.62 bits per heavy atom. The number of carboxylic acids is 1. The molecule has 202 valence electrons. The van der Waals surface area contributed by atoms with Crippen LogP contribution >= 0.6 is 11.6 Å². The fourth-order valence-electron chi connectivity index (χ4n) is 3.91.